The Kier molecular flexibility index (Phi) is 3.93. The first kappa shape index (κ1) is 16.0. The predicted molar refractivity (Wildman–Crippen MR) is 98.5 cm³/mol. The van der Waals surface area contributed by atoms with Crippen LogP contribution in [0.15, 0.2) is 56.6 Å². The van der Waals surface area contributed by atoms with Crippen molar-refractivity contribution < 1.29 is 18.3 Å². The average molecular weight is 349 g/mol. The first-order valence-corrected chi connectivity index (χ1v) is 7.90. The second kappa shape index (κ2) is 6.40. The number of fused-ring (bicyclic) bond motifs is 2. The second-order valence-corrected chi connectivity index (χ2v) is 5.57. The van der Waals surface area contributed by atoms with Gasteiger partial charge in [0.1, 0.15) is 16.9 Å². The summed E-state index contributed by atoms with van der Waals surface area (Å²) in [5.74, 6) is 1.15. The van der Waals surface area contributed by atoms with E-state index < -0.39 is 0 Å². The lowest BCUT2D eigenvalue weighted by molar-refractivity contribution is 0.400. The molecule has 0 atom stereocenters. The van der Waals surface area contributed by atoms with Gasteiger partial charge in [-0.3, -0.25) is 9.78 Å². The number of pyridine rings is 1. The van der Waals surface area contributed by atoms with E-state index in [2.05, 4.69) is 4.98 Å². The van der Waals surface area contributed by atoms with Crippen molar-refractivity contribution in [2.24, 2.45) is 0 Å². The van der Waals surface area contributed by atoms with Gasteiger partial charge in [0.2, 0.25) is 5.75 Å². The van der Waals surface area contributed by atoms with Crippen LogP contribution in [-0.2, 0) is 0 Å². The molecule has 4 aromatic rings. The summed E-state index contributed by atoms with van der Waals surface area (Å²) in [7, 11) is 3.00. The molecule has 0 fully saturated rings. The van der Waals surface area contributed by atoms with Crippen LogP contribution in [0.3, 0.4) is 0 Å². The summed E-state index contributed by atoms with van der Waals surface area (Å²) in [4.78, 5) is 16.8. The Morgan fingerprint density at radius 3 is 2.65 bits per heavy atom. The number of nitrogens with zero attached hydrogens (tertiary/aromatic N) is 1. The van der Waals surface area contributed by atoms with Crippen molar-refractivity contribution in [3.05, 3.63) is 64.5 Å². The van der Waals surface area contributed by atoms with Crippen molar-refractivity contribution in [3.8, 4) is 11.5 Å². The van der Waals surface area contributed by atoms with Crippen molar-refractivity contribution in [1.82, 2.24) is 4.98 Å². The van der Waals surface area contributed by atoms with E-state index in [4.69, 9.17) is 18.3 Å². The van der Waals surface area contributed by atoms with Crippen LogP contribution in [0.4, 0.5) is 0 Å². The van der Waals surface area contributed by atoms with Gasteiger partial charge in [-0.1, -0.05) is 6.07 Å². The highest BCUT2D eigenvalue weighted by Gasteiger charge is 2.22. The Bertz CT molecular complexity index is 1170. The Hall–Kier alpha value is -3.54. The Labute approximate surface area is 148 Å². The van der Waals surface area contributed by atoms with E-state index in [1.165, 1.54) is 26.5 Å². The maximum absolute atomic E-state index is 12.8. The molecule has 6 heteroatoms. The summed E-state index contributed by atoms with van der Waals surface area (Å²) in [5.41, 5.74) is 1.41. The minimum Gasteiger partial charge on any atom is -0.495 e. The largest absolute Gasteiger partial charge is 0.495 e. The molecule has 0 unspecified atom stereocenters. The van der Waals surface area contributed by atoms with Crippen LogP contribution in [0.5, 0.6) is 11.5 Å². The van der Waals surface area contributed by atoms with Gasteiger partial charge in [0, 0.05) is 18.5 Å². The third-order valence-corrected chi connectivity index (χ3v) is 4.05. The molecule has 0 amide bonds. The van der Waals surface area contributed by atoms with Crippen molar-refractivity contribution in [2.75, 3.05) is 14.2 Å². The number of hydrogen-bond acceptors (Lipinski definition) is 6. The van der Waals surface area contributed by atoms with Gasteiger partial charge in [-0.15, -0.1) is 0 Å². The lowest BCUT2D eigenvalue weighted by atomic mass is 10.1. The molecule has 0 aliphatic heterocycles. The van der Waals surface area contributed by atoms with Crippen molar-refractivity contribution in [2.45, 2.75) is 0 Å². The summed E-state index contributed by atoms with van der Waals surface area (Å²) >= 11 is 0. The molecule has 26 heavy (non-hydrogen) atoms. The molecular formula is C20H15NO5. The molecule has 0 N–H and O–H groups in total. The minimum absolute atomic E-state index is 0.227. The molecule has 6 nitrogen and oxygen atoms in total. The molecule has 1 aromatic carbocycles. The molecule has 0 radical (unpaired) electrons. The molecule has 0 saturated carbocycles. The predicted octanol–water partition coefficient (Wildman–Crippen LogP) is 4.12. The van der Waals surface area contributed by atoms with Crippen LogP contribution in [0, 0.1) is 0 Å². The number of rotatable bonds is 4. The van der Waals surface area contributed by atoms with E-state index in [1.54, 1.807) is 24.5 Å². The van der Waals surface area contributed by atoms with Crippen LogP contribution >= 0.6 is 0 Å². The lowest BCUT2D eigenvalue weighted by Gasteiger charge is -2.10. The lowest BCUT2D eigenvalue weighted by Crippen LogP contribution is -2.04. The fraction of sp³-hybridized carbons (Fsp3) is 0.100. The number of methoxy groups -OCH3 is 2. The Morgan fingerprint density at radius 1 is 1.08 bits per heavy atom. The molecule has 0 spiro atoms. The normalized spacial score (nSPS) is 11.5. The summed E-state index contributed by atoms with van der Waals surface area (Å²) in [5, 5.41) is 0.972. The van der Waals surface area contributed by atoms with Gasteiger partial charge in [0.25, 0.3) is 0 Å². The van der Waals surface area contributed by atoms with Crippen LogP contribution in [0.25, 0.3) is 34.1 Å². The van der Waals surface area contributed by atoms with E-state index in [0.717, 1.165) is 5.56 Å². The first-order valence-electron chi connectivity index (χ1n) is 7.90. The maximum Gasteiger partial charge on any atom is 0.206 e. The van der Waals surface area contributed by atoms with Gasteiger partial charge < -0.3 is 18.3 Å². The van der Waals surface area contributed by atoms with E-state index in [9.17, 15) is 4.79 Å². The molecule has 3 heterocycles. The summed E-state index contributed by atoms with van der Waals surface area (Å²) in [6, 6.07) is 6.88. The molecule has 0 aliphatic rings. The summed E-state index contributed by atoms with van der Waals surface area (Å²) in [6.07, 6.45) is 8.44. The molecule has 3 aromatic heterocycles. The van der Waals surface area contributed by atoms with Gasteiger partial charge in [-0.05, 0) is 29.8 Å². The maximum atomic E-state index is 12.8. The van der Waals surface area contributed by atoms with Gasteiger partial charge >= 0.3 is 0 Å². The number of ether oxygens (including phenoxy) is 2. The average Bonchev–Trinajstić information content (AvgIpc) is 3.14. The Balaban J connectivity index is 1.98. The minimum atomic E-state index is -0.227. The molecule has 0 saturated heterocycles. The SMILES string of the molecule is COc1c2occc2c(OC)c2c(=O)cc(C=Cc3cccnc3)oc12. The highest BCUT2D eigenvalue weighted by atomic mass is 16.5. The zero-order valence-electron chi connectivity index (χ0n) is 14.2. The van der Waals surface area contributed by atoms with Crippen molar-refractivity contribution >= 4 is 34.1 Å². The quantitative estimate of drug-likeness (QED) is 0.552. The third-order valence-electron chi connectivity index (χ3n) is 4.05. The molecule has 130 valence electrons. The highest BCUT2D eigenvalue weighted by Crippen LogP contribution is 2.42. The monoisotopic (exact) mass is 349 g/mol. The van der Waals surface area contributed by atoms with Crippen LogP contribution in [0.2, 0.25) is 0 Å². The standard InChI is InChI=1S/C20H15NO5/c1-23-17-14-7-9-25-18(14)20(24-2)19-16(17)15(22)10-13(26-19)6-5-12-4-3-8-21-11-12/h3-11H,1-2H3. The fourth-order valence-electron chi connectivity index (χ4n) is 2.92. The molecule has 4 rings (SSSR count). The van der Waals surface area contributed by atoms with Crippen LogP contribution < -0.4 is 14.9 Å². The summed E-state index contributed by atoms with van der Waals surface area (Å²) < 4.78 is 22.3. The van der Waals surface area contributed by atoms with Crippen molar-refractivity contribution in [3.63, 3.8) is 0 Å². The van der Waals surface area contributed by atoms with Crippen molar-refractivity contribution in [1.29, 1.82) is 0 Å². The second-order valence-electron chi connectivity index (χ2n) is 5.57. The van der Waals surface area contributed by atoms with Crippen LogP contribution in [-0.4, -0.2) is 19.2 Å². The molecular weight excluding hydrogens is 334 g/mol. The van der Waals surface area contributed by atoms with E-state index in [0.29, 0.717) is 33.6 Å². The van der Waals surface area contributed by atoms with Gasteiger partial charge in [-0.25, -0.2) is 0 Å². The smallest absolute Gasteiger partial charge is 0.206 e. The zero-order valence-corrected chi connectivity index (χ0v) is 14.2. The highest BCUT2D eigenvalue weighted by molar-refractivity contribution is 6.06. The number of benzene rings is 1. The van der Waals surface area contributed by atoms with Gasteiger partial charge in [-0.2, -0.15) is 0 Å². The number of furan rings is 1. The fourth-order valence-corrected chi connectivity index (χ4v) is 2.92. The summed E-state index contributed by atoms with van der Waals surface area (Å²) in [6.45, 7) is 0. The van der Waals surface area contributed by atoms with Crippen LogP contribution in [0.1, 0.15) is 11.3 Å². The van der Waals surface area contributed by atoms with E-state index in [1.807, 2.05) is 18.2 Å². The number of aromatic nitrogens is 1. The third kappa shape index (κ3) is 2.52. The van der Waals surface area contributed by atoms with E-state index >= 15 is 0 Å². The molecule has 0 bridgehead atoms. The molecule has 0 aliphatic carbocycles. The zero-order chi connectivity index (χ0) is 18.1. The first-order chi connectivity index (χ1) is 12.7. The number of hydrogen-bond donors (Lipinski definition) is 0. The topological polar surface area (TPSA) is 74.7 Å². The van der Waals surface area contributed by atoms with Gasteiger partial charge in [0.15, 0.2) is 16.6 Å². The van der Waals surface area contributed by atoms with Gasteiger partial charge in [0.05, 0.1) is 25.9 Å². The Morgan fingerprint density at radius 2 is 1.92 bits per heavy atom. The van der Waals surface area contributed by atoms with E-state index in [-0.39, 0.29) is 11.0 Å².